The maximum Gasteiger partial charge on any atom is 0.264 e. The number of carbonyl (C=O) groups is 1. The van der Waals surface area contributed by atoms with Gasteiger partial charge in [-0.25, -0.2) is 4.98 Å². The zero-order chi connectivity index (χ0) is 22.8. The first kappa shape index (κ1) is 21.6. The monoisotopic (exact) mass is 458 g/mol. The molecule has 33 heavy (non-hydrogen) atoms. The van der Waals surface area contributed by atoms with E-state index in [1.54, 1.807) is 4.90 Å². The molecular weight excluding hydrogens is 432 g/mol. The van der Waals surface area contributed by atoms with E-state index < -0.39 is 0 Å². The van der Waals surface area contributed by atoms with E-state index in [2.05, 4.69) is 6.07 Å². The number of para-hydroxylation sites is 1. The molecule has 0 saturated carbocycles. The number of hydrogen-bond donors (Lipinski definition) is 0. The smallest absolute Gasteiger partial charge is 0.264 e. The molecule has 5 rings (SSSR count). The molecule has 4 aromatic rings. The standard InChI is InChI=1S/C27H26N2O3S/c1-18-14-19(2)16-21(15-18)29(27-28-24-7-3-4-8-25(24)33-27)26(30)20-9-11-22(12-10-20)32-17-23-6-5-13-31-23/h3-4,7-12,14-16,23H,5-6,13,17H2,1-2H3/t23-/m0/s1. The minimum Gasteiger partial charge on any atom is -0.491 e. The van der Waals surface area contributed by atoms with Crippen molar-refractivity contribution in [2.75, 3.05) is 18.1 Å². The summed E-state index contributed by atoms with van der Waals surface area (Å²) in [6.45, 7) is 5.42. The number of rotatable bonds is 6. The number of nitrogens with zero attached hydrogens (tertiary/aromatic N) is 2. The molecule has 0 bridgehead atoms. The molecule has 1 aromatic heterocycles. The Morgan fingerprint density at radius 3 is 2.55 bits per heavy atom. The molecule has 3 aromatic carbocycles. The van der Waals surface area contributed by atoms with Gasteiger partial charge in [-0.15, -0.1) is 0 Å². The minimum atomic E-state index is -0.121. The van der Waals surface area contributed by atoms with Crippen LogP contribution in [0.25, 0.3) is 10.2 Å². The fourth-order valence-corrected chi connectivity index (χ4v) is 5.12. The molecule has 168 valence electrons. The molecule has 1 amide bonds. The van der Waals surface area contributed by atoms with E-state index in [1.165, 1.54) is 11.3 Å². The Morgan fingerprint density at radius 2 is 1.85 bits per heavy atom. The van der Waals surface area contributed by atoms with Crippen LogP contribution in [0.1, 0.15) is 34.3 Å². The summed E-state index contributed by atoms with van der Waals surface area (Å²) < 4.78 is 12.5. The first-order valence-corrected chi connectivity index (χ1v) is 12.0. The van der Waals surface area contributed by atoms with Crippen molar-refractivity contribution in [1.82, 2.24) is 4.98 Å². The first-order valence-electron chi connectivity index (χ1n) is 11.2. The van der Waals surface area contributed by atoms with Crippen LogP contribution in [0.15, 0.2) is 66.7 Å². The van der Waals surface area contributed by atoms with Gasteiger partial charge < -0.3 is 9.47 Å². The van der Waals surface area contributed by atoms with Crippen LogP contribution in [0, 0.1) is 13.8 Å². The SMILES string of the molecule is Cc1cc(C)cc(N(C(=O)c2ccc(OC[C@@H]3CCCO3)cc2)c2nc3ccccc3s2)c1. The second kappa shape index (κ2) is 9.33. The average Bonchev–Trinajstić information content (AvgIpc) is 3.47. The van der Waals surface area contributed by atoms with Gasteiger partial charge in [0.2, 0.25) is 0 Å². The Balaban J connectivity index is 1.46. The molecule has 0 N–H and O–H groups in total. The molecule has 0 unspecified atom stereocenters. The maximum atomic E-state index is 13.8. The third-order valence-electron chi connectivity index (χ3n) is 5.70. The first-order chi connectivity index (χ1) is 16.1. The van der Waals surface area contributed by atoms with Gasteiger partial charge >= 0.3 is 0 Å². The van der Waals surface area contributed by atoms with Crippen LogP contribution in [0.2, 0.25) is 0 Å². The Morgan fingerprint density at radius 1 is 1.09 bits per heavy atom. The van der Waals surface area contributed by atoms with Gasteiger partial charge in [0.25, 0.3) is 5.91 Å². The van der Waals surface area contributed by atoms with Crippen LogP contribution < -0.4 is 9.64 Å². The fraction of sp³-hybridized carbons (Fsp3) is 0.259. The van der Waals surface area contributed by atoms with Crippen LogP contribution in [0.4, 0.5) is 10.8 Å². The summed E-state index contributed by atoms with van der Waals surface area (Å²) in [7, 11) is 0. The molecule has 0 aliphatic carbocycles. The normalized spacial score (nSPS) is 15.6. The number of fused-ring (bicyclic) bond motifs is 1. The topological polar surface area (TPSA) is 51.7 Å². The predicted molar refractivity (Wildman–Crippen MR) is 133 cm³/mol. The van der Waals surface area contributed by atoms with Gasteiger partial charge in [0.15, 0.2) is 5.13 Å². The van der Waals surface area contributed by atoms with Crippen LogP contribution in [-0.2, 0) is 4.74 Å². The number of anilines is 2. The lowest BCUT2D eigenvalue weighted by atomic mass is 10.1. The van der Waals surface area contributed by atoms with Crippen molar-refractivity contribution >= 4 is 38.3 Å². The highest BCUT2D eigenvalue weighted by atomic mass is 32.1. The Hall–Kier alpha value is -3.22. The van der Waals surface area contributed by atoms with E-state index in [0.29, 0.717) is 17.3 Å². The molecule has 1 aliphatic heterocycles. The Kier molecular flexibility index (Phi) is 6.11. The summed E-state index contributed by atoms with van der Waals surface area (Å²) in [6.07, 6.45) is 2.27. The van der Waals surface area contributed by atoms with Gasteiger partial charge in [-0.3, -0.25) is 9.69 Å². The summed E-state index contributed by atoms with van der Waals surface area (Å²) >= 11 is 1.52. The van der Waals surface area contributed by atoms with Crippen LogP contribution in [0.5, 0.6) is 5.75 Å². The number of benzene rings is 3. The van der Waals surface area contributed by atoms with Crippen molar-refractivity contribution in [3.05, 3.63) is 83.4 Å². The van der Waals surface area contributed by atoms with E-state index >= 15 is 0 Å². The third kappa shape index (κ3) is 4.77. The highest BCUT2D eigenvalue weighted by molar-refractivity contribution is 7.22. The van der Waals surface area contributed by atoms with Gasteiger partial charge in [-0.05, 0) is 86.3 Å². The van der Waals surface area contributed by atoms with E-state index in [0.717, 1.165) is 52.2 Å². The molecule has 5 nitrogen and oxygen atoms in total. The quantitative estimate of drug-likeness (QED) is 0.333. The number of amides is 1. The van der Waals surface area contributed by atoms with E-state index in [4.69, 9.17) is 14.5 Å². The number of ether oxygens (including phenoxy) is 2. The second-order valence-corrected chi connectivity index (χ2v) is 9.43. The van der Waals surface area contributed by atoms with E-state index in [9.17, 15) is 4.79 Å². The van der Waals surface area contributed by atoms with E-state index in [1.807, 2.05) is 74.5 Å². The van der Waals surface area contributed by atoms with Crippen molar-refractivity contribution < 1.29 is 14.3 Å². The highest BCUT2D eigenvalue weighted by Gasteiger charge is 2.24. The summed E-state index contributed by atoms with van der Waals surface area (Å²) in [5, 5.41) is 0.657. The molecule has 1 aliphatic rings. The molecule has 2 heterocycles. The molecule has 0 spiro atoms. The third-order valence-corrected chi connectivity index (χ3v) is 6.72. The summed E-state index contributed by atoms with van der Waals surface area (Å²) in [5.74, 6) is 0.615. The fourth-order valence-electron chi connectivity index (χ4n) is 4.14. The lowest BCUT2D eigenvalue weighted by Crippen LogP contribution is -2.26. The van der Waals surface area contributed by atoms with Gasteiger partial charge in [0, 0.05) is 12.2 Å². The summed E-state index contributed by atoms with van der Waals surface area (Å²) in [5.41, 5.74) is 4.48. The lowest BCUT2D eigenvalue weighted by molar-refractivity contribution is 0.0679. The summed E-state index contributed by atoms with van der Waals surface area (Å²) in [6, 6.07) is 21.4. The zero-order valence-electron chi connectivity index (χ0n) is 18.8. The minimum absolute atomic E-state index is 0.121. The average molecular weight is 459 g/mol. The molecule has 1 saturated heterocycles. The highest BCUT2D eigenvalue weighted by Crippen LogP contribution is 2.35. The number of hydrogen-bond acceptors (Lipinski definition) is 5. The van der Waals surface area contributed by atoms with Gasteiger partial charge in [-0.2, -0.15) is 0 Å². The van der Waals surface area contributed by atoms with Crippen molar-refractivity contribution in [2.45, 2.75) is 32.8 Å². The Bertz CT molecular complexity index is 1220. The lowest BCUT2D eigenvalue weighted by Gasteiger charge is -2.21. The number of carbonyl (C=O) groups excluding carboxylic acids is 1. The number of thiazole rings is 1. The predicted octanol–water partition coefficient (Wildman–Crippen LogP) is 6.45. The van der Waals surface area contributed by atoms with Crippen LogP contribution in [-0.4, -0.2) is 30.2 Å². The molecule has 1 atom stereocenters. The Labute approximate surface area is 197 Å². The molecule has 1 fully saturated rings. The number of aryl methyl sites for hydroxylation is 2. The summed E-state index contributed by atoms with van der Waals surface area (Å²) in [4.78, 5) is 20.2. The van der Waals surface area contributed by atoms with Crippen molar-refractivity contribution in [1.29, 1.82) is 0 Å². The zero-order valence-corrected chi connectivity index (χ0v) is 19.6. The van der Waals surface area contributed by atoms with E-state index in [-0.39, 0.29) is 12.0 Å². The van der Waals surface area contributed by atoms with Crippen molar-refractivity contribution in [3.8, 4) is 5.75 Å². The number of aromatic nitrogens is 1. The van der Waals surface area contributed by atoms with Gasteiger partial charge in [0.05, 0.1) is 22.0 Å². The maximum absolute atomic E-state index is 13.8. The van der Waals surface area contributed by atoms with Crippen LogP contribution >= 0.6 is 11.3 Å². The molecule has 6 heteroatoms. The van der Waals surface area contributed by atoms with Gasteiger partial charge in [0.1, 0.15) is 12.4 Å². The van der Waals surface area contributed by atoms with Crippen molar-refractivity contribution in [3.63, 3.8) is 0 Å². The largest absolute Gasteiger partial charge is 0.491 e. The molecule has 0 radical (unpaired) electrons. The van der Waals surface area contributed by atoms with Crippen LogP contribution in [0.3, 0.4) is 0 Å². The van der Waals surface area contributed by atoms with Gasteiger partial charge in [-0.1, -0.05) is 29.5 Å². The second-order valence-electron chi connectivity index (χ2n) is 8.42. The van der Waals surface area contributed by atoms with Crippen molar-refractivity contribution in [2.24, 2.45) is 0 Å². The molecular formula is C27H26N2O3S.